The summed E-state index contributed by atoms with van der Waals surface area (Å²) in [5.74, 6) is 1.44. The van der Waals surface area contributed by atoms with Crippen LogP contribution in [0.1, 0.15) is 24.4 Å². The van der Waals surface area contributed by atoms with E-state index in [0.717, 1.165) is 49.3 Å². The summed E-state index contributed by atoms with van der Waals surface area (Å²) in [4.78, 5) is 17.9. The van der Waals surface area contributed by atoms with E-state index in [-0.39, 0.29) is 11.7 Å². The number of aromatic nitrogens is 2. The van der Waals surface area contributed by atoms with E-state index in [0.29, 0.717) is 10.8 Å². The summed E-state index contributed by atoms with van der Waals surface area (Å²) in [5.41, 5.74) is 3.09. The van der Waals surface area contributed by atoms with Crippen LogP contribution in [0.4, 0.5) is 0 Å². The monoisotopic (exact) mass is 433 g/mol. The molecule has 1 aromatic heterocycles. The molecular weight excluding hydrogens is 410 g/mol. The van der Waals surface area contributed by atoms with Gasteiger partial charge < -0.3 is 9.72 Å². The van der Waals surface area contributed by atoms with E-state index in [1.807, 2.05) is 65.2 Å². The second-order valence-corrected chi connectivity index (χ2v) is 8.41. The summed E-state index contributed by atoms with van der Waals surface area (Å²) in [6.45, 7) is 2.76. The summed E-state index contributed by atoms with van der Waals surface area (Å²) in [6.07, 6.45) is 1.91. The van der Waals surface area contributed by atoms with Gasteiger partial charge in [-0.1, -0.05) is 48.0 Å². The van der Waals surface area contributed by atoms with Crippen LogP contribution in [0.5, 0.6) is 11.5 Å². The Kier molecular flexibility index (Phi) is 5.53. The number of rotatable bonds is 5. The fourth-order valence-electron chi connectivity index (χ4n) is 4.39. The zero-order valence-corrected chi connectivity index (χ0v) is 17.9. The first-order valence-electron chi connectivity index (χ1n) is 10.6. The van der Waals surface area contributed by atoms with Crippen molar-refractivity contribution in [2.75, 3.05) is 13.1 Å². The van der Waals surface area contributed by atoms with Crippen molar-refractivity contribution in [1.29, 1.82) is 0 Å². The lowest BCUT2D eigenvalue weighted by Crippen LogP contribution is -2.36. The zero-order chi connectivity index (χ0) is 21.2. The van der Waals surface area contributed by atoms with Crippen LogP contribution in [0.25, 0.3) is 11.0 Å². The van der Waals surface area contributed by atoms with Crippen molar-refractivity contribution in [2.45, 2.75) is 25.4 Å². The molecule has 5 nitrogen and oxygen atoms in total. The smallest absolute Gasteiger partial charge is 0.326 e. The average Bonchev–Trinajstić information content (AvgIpc) is 3.12. The highest BCUT2D eigenvalue weighted by Crippen LogP contribution is 2.30. The minimum absolute atomic E-state index is 0.0101. The van der Waals surface area contributed by atoms with Crippen LogP contribution >= 0.6 is 11.6 Å². The lowest BCUT2D eigenvalue weighted by atomic mass is 10.0. The largest absolute Gasteiger partial charge is 0.456 e. The molecule has 0 spiro atoms. The lowest BCUT2D eigenvalue weighted by Gasteiger charge is -2.32. The average molecular weight is 434 g/mol. The van der Waals surface area contributed by atoms with Gasteiger partial charge >= 0.3 is 5.69 Å². The first-order chi connectivity index (χ1) is 15.2. The molecule has 31 heavy (non-hydrogen) atoms. The molecule has 1 aliphatic rings. The van der Waals surface area contributed by atoms with Gasteiger partial charge in [0.1, 0.15) is 11.5 Å². The van der Waals surface area contributed by atoms with Crippen molar-refractivity contribution in [2.24, 2.45) is 0 Å². The molecule has 1 N–H and O–H groups in total. The minimum atomic E-state index is -0.0101. The molecule has 2 heterocycles. The second kappa shape index (κ2) is 8.61. The van der Waals surface area contributed by atoms with E-state index < -0.39 is 0 Å². The molecule has 158 valence electrons. The minimum Gasteiger partial charge on any atom is -0.456 e. The summed E-state index contributed by atoms with van der Waals surface area (Å²) < 4.78 is 7.90. The Bertz CT molecular complexity index is 1250. The Hall–Kier alpha value is -3.02. The SMILES string of the molecule is O=c1[nH]c2ccccc2n1C1CCN(Cc2cccc(Oc3ccccc3Cl)c2)CC1. The molecule has 0 amide bonds. The third kappa shape index (κ3) is 4.24. The number of hydrogen-bond donors (Lipinski definition) is 1. The van der Waals surface area contributed by atoms with Gasteiger partial charge in [0.15, 0.2) is 0 Å². The number of aromatic amines is 1. The maximum Gasteiger partial charge on any atom is 0.326 e. The molecule has 1 aliphatic heterocycles. The number of fused-ring (bicyclic) bond motifs is 1. The molecule has 0 atom stereocenters. The van der Waals surface area contributed by atoms with Gasteiger partial charge in [0, 0.05) is 25.7 Å². The fourth-order valence-corrected chi connectivity index (χ4v) is 4.57. The Morgan fingerprint density at radius 2 is 1.74 bits per heavy atom. The van der Waals surface area contributed by atoms with Crippen molar-refractivity contribution in [3.05, 3.63) is 93.9 Å². The van der Waals surface area contributed by atoms with Crippen LogP contribution in [0.15, 0.2) is 77.6 Å². The van der Waals surface area contributed by atoms with Gasteiger partial charge in [0.25, 0.3) is 0 Å². The fraction of sp³-hybridized carbons (Fsp3) is 0.240. The Balaban J connectivity index is 1.24. The molecular formula is C25H24ClN3O2. The van der Waals surface area contributed by atoms with E-state index in [1.165, 1.54) is 5.56 Å². The van der Waals surface area contributed by atoms with Crippen LogP contribution in [-0.4, -0.2) is 27.5 Å². The predicted octanol–water partition coefficient (Wildman–Crippen LogP) is 5.61. The number of hydrogen-bond acceptors (Lipinski definition) is 3. The topological polar surface area (TPSA) is 50.3 Å². The Morgan fingerprint density at radius 1 is 0.968 bits per heavy atom. The van der Waals surface area contributed by atoms with Gasteiger partial charge in [0.2, 0.25) is 0 Å². The van der Waals surface area contributed by atoms with Crippen molar-refractivity contribution in [1.82, 2.24) is 14.5 Å². The molecule has 0 radical (unpaired) electrons. The highest BCUT2D eigenvalue weighted by atomic mass is 35.5. The molecule has 3 aromatic carbocycles. The normalized spacial score (nSPS) is 15.4. The zero-order valence-electron chi connectivity index (χ0n) is 17.1. The molecule has 0 aliphatic carbocycles. The molecule has 5 rings (SSSR count). The number of para-hydroxylation sites is 3. The standard InChI is InChI=1S/C25H24ClN3O2/c26-21-8-1-4-11-24(21)31-20-7-5-6-18(16-20)17-28-14-12-19(13-15-28)29-23-10-3-2-9-22(23)27-25(29)30/h1-11,16,19H,12-15,17H2,(H,27,30). The number of imidazole rings is 1. The summed E-state index contributed by atoms with van der Waals surface area (Å²) in [7, 11) is 0. The second-order valence-electron chi connectivity index (χ2n) is 8.00. The maximum absolute atomic E-state index is 12.5. The number of halogens is 1. The van der Waals surface area contributed by atoms with Gasteiger partial charge in [-0.15, -0.1) is 0 Å². The van der Waals surface area contributed by atoms with Crippen LogP contribution in [0.2, 0.25) is 5.02 Å². The molecule has 0 saturated carbocycles. The Morgan fingerprint density at radius 3 is 2.58 bits per heavy atom. The molecule has 1 saturated heterocycles. The lowest BCUT2D eigenvalue weighted by molar-refractivity contribution is 0.180. The third-order valence-corrected chi connectivity index (χ3v) is 6.23. The number of likely N-dealkylation sites (tertiary alicyclic amines) is 1. The molecule has 0 bridgehead atoms. The number of benzene rings is 3. The van der Waals surface area contributed by atoms with Crippen LogP contribution in [0.3, 0.4) is 0 Å². The van der Waals surface area contributed by atoms with Gasteiger partial charge in [-0.25, -0.2) is 4.79 Å². The quantitative estimate of drug-likeness (QED) is 0.445. The first-order valence-corrected chi connectivity index (χ1v) is 11.0. The highest BCUT2D eigenvalue weighted by molar-refractivity contribution is 6.32. The van der Waals surface area contributed by atoms with Gasteiger partial charge in [-0.3, -0.25) is 9.47 Å². The van der Waals surface area contributed by atoms with Gasteiger partial charge in [-0.05, 0) is 54.8 Å². The summed E-state index contributed by atoms with van der Waals surface area (Å²) in [6, 6.07) is 23.8. The predicted molar refractivity (Wildman–Crippen MR) is 124 cm³/mol. The molecule has 6 heteroatoms. The number of piperidine rings is 1. The van der Waals surface area contributed by atoms with Crippen molar-refractivity contribution >= 4 is 22.6 Å². The van der Waals surface area contributed by atoms with Crippen molar-refractivity contribution in [3.63, 3.8) is 0 Å². The highest BCUT2D eigenvalue weighted by Gasteiger charge is 2.23. The van der Waals surface area contributed by atoms with E-state index in [4.69, 9.17) is 16.3 Å². The number of ether oxygens (including phenoxy) is 1. The van der Waals surface area contributed by atoms with Gasteiger partial charge in [0.05, 0.1) is 16.1 Å². The van der Waals surface area contributed by atoms with E-state index in [9.17, 15) is 4.79 Å². The number of nitrogens with zero attached hydrogens (tertiary/aromatic N) is 2. The van der Waals surface area contributed by atoms with E-state index >= 15 is 0 Å². The summed E-state index contributed by atoms with van der Waals surface area (Å²) in [5, 5.41) is 0.600. The van der Waals surface area contributed by atoms with E-state index in [2.05, 4.69) is 22.0 Å². The van der Waals surface area contributed by atoms with Crippen LogP contribution in [0, 0.1) is 0 Å². The van der Waals surface area contributed by atoms with Crippen molar-refractivity contribution < 1.29 is 4.74 Å². The first kappa shape index (κ1) is 19.9. The number of H-pyrrole nitrogens is 1. The maximum atomic E-state index is 12.5. The van der Waals surface area contributed by atoms with Crippen LogP contribution in [-0.2, 0) is 6.54 Å². The summed E-state index contributed by atoms with van der Waals surface area (Å²) >= 11 is 6.21. The van der Waals surface area contributed by atoms with Gasteiger partial charge in [-0.2, -0.15) is 0 Å². The van der Waals surface area contributed by atoms with E-state index in [1.54, 1.807) is 0 Å². The Labute approximate surface area is 185 Å². The third-order valence-electron chi connectivity index (χ3n) is 5.92. The molecule has 0 unspecified atom stereocenters. The molecule has 1 fully saturated rings. The number of nitrogens with one attached hydrogen (secondary N) is 1. The molecule has 4 aromatic rings. The van der Waals surface area contributed by atoms with Crippen LogP contribution < -0.4 is 10.4 Å². The van der Waals surface area contributed by atoms with Crippen molar-refractivity contribution in [3.8, 4) is 11.5 Å².